The van der Waals surface area contributed by atoms with Crippen molar-refractivity contribution in [2.75, 3.05) is 6.54 Å². The second-order valence-corrected chi connectivity index (χ2v) is 2.89. The number of hydrogen-bond donors (Lipinski definition) is 1. The molecule has 0 heterocycles. The summed E-state index contributed by atoms with van der Waals surface area (Å²) in [5.74, 6) is 0.873. The van der Waals surface area contributed by atoms with E-state index in [0.29, 0.717) is 12.6 Å². The Labute approximate surface area is 62.2 Å². The smallest absolute Gasteiger partial charge is 0.0843 e. The Hall–Kier alpha value is -0.550. The standard InChI is InChI=1S/C8H14N2/c1-2-8(7-3-4-7)10-6-5-9/h7-8,10H,2-4,6H2,1H3. The van der Waals surface area contributed by atoms with Crippen LogP contribution in [-0.4, -0.2) is 12.6 Å². The van der Waals surface area contributed by atoms with Gasteiger partial charge >= 0.3 is 0 Å². The van der Waals surface area contributed by atoms with Gasteiger partial charge in [0.1, 0.15) is 0 Å². The average molecular weight is 138 g/mol. The van der Waals surface area contributed by atoms with Crippen molar-refractivity contribution in [1.82, 2.24) is 5.32 Å². The maximum absolute atomic E-state index is 8.30. The summed E-state index contributed by atoms with van der Waals surface area (Å²) in [6.45, 7) is 2.68. The molecule has 1 rings (SSSR count). The van der Waals surface area contributed by atoms with Crippen molar-refractivity contribution in [3.8, 4) is 6.07 Å². The summed E-state index contributed by atoms with van der Waals surface area (Å²) in [4.78, 5) is 0. The molecule has 0 aromatic rings. The first kappa shape index (κ1) is 7.56. The van der Waals surface area contributed by atoms with Crippen LogP contribution in [0.25, 0.3) is 0 Å². The molecule has 0 amide bonds. The van der Waals surface area contributed by atoms with Gasteiger partial charge in [-0.3, -0.25) is 0 Å². The van der Waals surface area contributed by atoms with Crippen LogP contribution in [-0.2, 0) is 0 Å². The molecule has 10 heavy (non-hydrogen) atoms. The van der Waals surface area contributed by atoms with Gasteiger partial charge in [0, 0.05) is 6.04 Å². The Kier molecular flexibility index (Phi) is 2.70. The van der Waals surface area contributed by atoms with Crippen LogP contribution in [0.1, 0.15) is 26.2 Å². The van der Waals surface area contributed by atoms with Crippen LogP contribution in [0.3, 0.4) is 0 Å². The van der Waals surface area contributed by atoms with E-state index in [1.807, 2.05) is 0 Å². The minimum Gasteiger partial charge on any atom is -0.301 e. The molecular weight excluding hydrogens is 124 g/mol. The minimum absolute atomic E-state index is 0.509. The van der Waals surface area contributed by atoms with Gasteiger partial charge in [0.2, 0.25) is 0 Å². The van der Waals surface area contributed by atoms with Crippen molar-refractivity contribution in [2.45, 2.75) is 32.2 Å². The molecule has 1 N–H and O–H groups in total. The van der Waals surface area contributed by atoms with Crippen LogP contribution in [0.15, 0.2) is 0 Å². The van der Waals surface area contributed by atoms with Gasteiger partial charge in [-0.05, 0) is 25.2 Å². The average Bonchev–Trinajstić information content (AvgIpc) is 2.73. The highest BCUT2D eigenvalue weighted by molar-refractivity contribution is 4.88. The number of nitriles is 1. The minimum atomic E-state index is 0.509. The Balaban J connectivity index is 2.14. The monoisotopic (exact) mass is 138 g/mol. The van der Waals surface area contributed by atoms with E-state index in [4.69, 9.17) is 5.26 Å². The number of nitrogens with one attached hydrogen (secondary N) is 1. The zero-order valence-corrected chi connectivity index (χ0v) is 6.43. The largest absolute Gasteiger partial charge is 0.301 e. The fourth-order valence-electron chi connectivity index (χ4n) is 1.32. The third kappa shape index (κ3) is 2.00. The van der Waals surface area contributed by atoms with Crippen LogP contribution in [0.5, 0.6) is 0 Å². The molecule has 0 saturated heterocycles. The van der Waals surface area contributed by atoms with Gasteiger partial charge < -0.3 is 5.32 Å². The molecule has 0 aromatic heterocycles. The summed E-state index contributed by atoms with van der Waals surface area (Å²) in [7, 11) is 0. The van der Waals surface area contributed by atoms with E-state index < -0.39 is 0 Å². The Morgan fingerprint density at radius 2 is 2.40 bits per heavy atom. The predicted octanol–water partition coefficient (Wildman–Crippen LogP) is 1.29. The first-order valence-electron chi connectivity index (χ1n) is 3.98. The van der Waals surface area contributed by atoms with Gasteiger partial charge in [-0.15, -0.1) is 0 Å². The summed E-state index contributed by atoms with van der Waals surface area (Å²) in [5, 5.41) is 11.5. The first-order valence-corrected chi connectivity index (χ1v) is 3.98. The van der Waals surface area contributed by atoms with Crippen molar-refractivity contribution in [3.63, 3.8) is 0 Å². The molecule has 1 fully saturated rings. The van der Waals surface area contributed by atoms with E-state index in [0.717, 1.165) is 12.3 Å². The van der Waals surface area contributed by atoms with Crippen molar-refractivity contribution in [1.29, 1.82) is 5.26 Å². The summed E-state index contributed by atoms with van der Waals surface area (Å²) in [6.07, 6.45) is 3.88. The van der Waals surface area contributed by atoms with Gasteiger partial charge in [-0.1, -0.05) is 6.92 Å². The third-order valence-electron chi connectivity index (χ3n) is 2.07. The molecule has 0 aromatic carbocycles. The summed E-state index contributed by atoms with van der Waals surface area (Å²) in [5.41, 5.74) is 0. The van der Waals surface area contributed by atoms with Crippen LogP contribution >= 0.6 is 0 Å². The maximum Gasteiger partial charge on any atom is 0.0843 e. The lowest BCUT2D eigenvalue weighted by molar-refractivity contribution is 0.473. The summed E-state index contributed by atoms with van der Waals surface area (Å²) < 4.78 is 0. The van der Waals surface area contributed by atoms with Crippen molar-refractivity contribution in [2.24, 2.45) is 5.92 Å². The molecule has 1 unspecified atom stereocenters. The van der Waals surface area contributed by atoms with Gasteiger partial charge in [0.05, 0.1) is 12.6 Å². The fraction of sp³-hybridized carbons (Fsp3) is 0.875. The van der Waals surface area contributed by atoms with Crippen molar-refractivity contribution in [3.05, 3.63) is 0 Å². The van der Waals surface area contributed by atoms with E-state index >= 15 is 0 Å². The highest BCUT2D eigenvalue weighted by atomic mass is 14.9. The topological polar surface area (TPSA) is 35.8 Å². The molecule has 56 valence electrons. The molecule has 0 bridgehead atoms. The molecule has 0 aliphatic heterocycles. The van der Waals surface area contributed by atoms with E-state index in [-0.39, 0.29) is 0 Å². The second-order valence-electron chi connectivity index (χ2n) is 2.89. The lowest BCUT2D eigenvalue weighted by Gasteiger charge is -2.12. The lowest BCUT2D eigenvalue weighted by atomic mass is 10.1. The lowest BCUT2D eigenvalue weighted by Crippen LogP contribution is -2.30. The fourth-order valence-corrected chi connectivity index (χ4v) is 1.32. The quantitative estimate of drug-likeness (QED) is 0.594. The molecule has 2 heteroatoms. The third-order valence-corrected chi connectivity index (χ3v) is 2.07. The SMILES string of the molecule is CCC(NCC#N)C1CC1. The molecule has 1 aliphatic carbocycles. The van der Waals surface area contributed by atoms with Gasteiger partial charge in [0.25, 0.3) is 0 Å². The van der Waals surface area contributed by atoms with Crippen molar-refractivity contribution >= 4 is 0 Å². The Morgan fingerprint density at radius 3 is 2.80 bits per heavy atom. The predicted molar refractivity (Wildman–Crippen MR) is 40.4 cm³/mol. The molecule has 0 spiro atoms. The van der Waals surface area contributed by atoms with Crippen molar-refractivity contribution < 1.29 is 0 Å². The molecular formula is C8H14N2. The van der Waals surface area contributed by atoms with Crippen LogP contribution in [0.4, 0.5) is 0 Å². The summed E-state index contributed by atoms with van der Waals surface area (Å²) >= 11 is 0. The highest BCUT2D eigenvalue weighted by Crippen LogP contribution is 2.33. The summed E-state index contributed by atoms with van der Waals surface area (Å²) in [6, 6.07) is 2.71. The van der Waals surface area contributed by atoms with Crippen LogP contribution in [0, 0.1) is 17.2 Å². The molecule has 0 radical (unpaired) electrons. The van der Waals surface area contributed by atoms with Crippen LogP contribution < -0.4 is 5.32 Å². The van der Waals surface area contributed by atoms with E-state index in [1.165, 1.54) is 12.8 Å². The second kappa shape index (κ2) is 3.58. The Bertz CT molecular complexity index is 133. The first-order chi connectivity index (χ1) is 4.88. The Morgan fingerprint density at radius 1 is 1.70 bits per heavy atom. The molecule has 1 atom stereocenters. The number of nitrogens with zero attached hydrogens (tertiary/aromatic N) is 1. The molecule has 1 aliphatic rings. The van der Waals surface area contributed by atoms with Gasteiger partial charge in [-0.25, -0.2) is 0 Å². The highest BCUT2D eigenvalue weighted by Gasteiger charge is 2.29. The van der Waals surface area contributed by atoms with E-state index in [9.17, 15) is 0 Å². The molecule has 2 nitrogen and oxygen atoms in total. The number of hydrogen-bond acceptors (Lipinski definition) is 2. The van der Waals surface area contributed by atoms with E-state index in [1.54, 1.807) is 0 Å². The zero-order chi connectivity index (χ0) is 7.40. The molecule has 1 saturated carbocycles. The van der Waals surface area contributed by atoms with Gasteiger partial charge in [0.15, 0.2) is 0 Å². The van der Waals surface area contributed by atoms with Crippen LogP contribution in [0.2, 0.25) is 0 Å². The zero-order valence-electron chi connectivity index (χ0n) is 6.43. The van der Waals surface area contributed by atoms with E-state index in [2.05, 4.69) is 18.3 Å². The van der Waals surface area contributed by atoms with Gasteiger partial charge in [-0.2, -0.15) is 5.26 Å². The maximum atomic E-state index is 8.30. The normalized spacial score (nSPS) is 20.0. The number of rotatable bonds is 4.